The highest BCUT2D eigenvalue weighted by Crippen LogP contribution is 2.28. The predicted octanol–water partition coefficient (Wildman–Crippen LogP) is 2.47. The number of nitro benzene ring substituents is 2. The SMILES string of the molecule is CC(C)(C)OC(=O)COCCOCCOCCOCCOCCOCCOCCOCCOCCOCCOCCOCCOCCNc1ccc([N+](=O)[O-])cc1[N+](=O)[O-]. The van der Waals surface area contributed by atoms with E-state index in [1.165, 1.54) is 12.1 Å². The predicted molar refractivity (Wildman–Crippen MR) is 215 cm³/mol. The largest absolute Gasteiger partial charge is 0.458 e. The zero-order valence-corrected chi connectivity index (χ0v) is 35.5. The molecule has 1 rings (SSSR count). The Morgan fingerprint density at radius 2 is 0.783 bits per heavy atom. The van der Waals surface area contributed by atoms with Gasteiger partial charge in [0.15, 0.2) is 0 Å². The summed E-state index contributed by atoms with van der Waals surface area (Å²) in [4.78, 5) is 32.1. The molecular weight excluding hydrogens is 802 g/mol. The molecule has 0 heterocycles. The third-order valence-electron chi connectivity index (χ3n) is 7.05. The molecule has 22 nitrogen and oxygen atoms in total. The number of non-ortho nitro benzene ring substituents is 1. The van der Waals surface area contributed by atoms with E-state index in [1.54, 1.807) is 20.8 Å². The van der Waals surface area contributed by atoms with Crippen LogP contribution in [-0.4, -0.2) is 200 Å². The van der Waals surface area contributed by atoms with Crippen LogP contribution in [0, 0.1) is 20.2 Å². The van der Waals surface area contributed by atoms with Crippen LogP contribution in [0.1, 0.15) is 20.8 Å². The molecule has 0 aliphatic heterocycles. The molecule has 0 atom stereocenters. The summed E-state index contributed by atoms with van der Waals surface area (Å²) >= 11 is 0. The zero-order valence-electron chi connectivity index (χ0n) is 35.5. The molecule has 0 saturated carbocycles. The lowest BCUT2D eigenvalue weighted by atomic mass is 10.2. The first-order valence-corrected chi connectivity index (χ1v) is 20.0. The quantitative estimate of drug-likeness (QED) is 0.0428. The number of carbonyl (C=O) groups excluding carboxylic acids is 1. The molecule has 0 amide bonds. The van der Waals surface area contributed by atoms with Gasteiger partial charge in [-0.05, 0) is 26.8 Å². The average Bonchev–Trinajstić information content (AvgIpc) is 3.20. The Morgan fingerprint density at radius 3 is 1.07 bits per heavy atom. The molecule has 348 valence electrons. The number of anilines is 1. The number of carbonyl (C=O) groups is 1. The van der Waals surface area contributed by atoms with Crippen molar-refractivity contribution >= 4 is 23.0 Å². The second-order valence-corrected chi connectivity index (χ2v) is 13.1. The molecule has 22 heteroatoms. The van der Waals surface area contributed by atoms with Gasteiger partial charge in [0.2, 0.25) is 0 Å². The molecular formula is C38H67N3O19. The first kappa shape index (κ1) is 54.8. The summed E-state index contributed by atoms with van der Waals surface area (Å²) in [6.07, 6.45) is 0. The minimum atomic E-state index is -0.684. The number of ether oxygens (including phenoxy) is 14. The molecule has 0 aliphatic rings. The van der Waals surface area contributed by atoms with Crippen molar-refractivity contribution in [2.45, 2.75) is 26.4 Å². The maximum absolute atomic E-state index is 11.5. The number of esters is 1. The second-order valence-electron chi connectivity index (χ2n) is 13.1. The van der Waals surface area contributed by atoms with Crippen LogP contribution in [0.4, 0.5) is 17.1 Å². The van der Waals surface area contributed by atoms with Crippen LogP contribution in [0.25, 0.3) is 0 Å². The van der Waals surface area contributed by atoms with Crippen molar-refractivity contribution in [3.05, 3.63) is 38.4 Å². The van der Waals surface area contributed by atoms with Gasteiger partial charge in [-0.25, -0.2) is 4.79 Å². The third-order valence-corrected chi connectivity index (χ3v) is 7.05. The maximum atomic E-state index is 11.5. The van der Waals surface area contributed by atoms with Gasteiger partial charge in [-0.1, -0.05) is 0 Å². The standard InChI is InChI=1S/C38H67N3O19/c1-38(2,3)60-37(42)33-59-31-30-58-29-28-57-27-26-56-25-24-55-23-22-54-21-20-53-19-18-52-17-16-51-15-14-50-13-12-49-11-10-48-9-8-47-7-6-39-35-5-4-34(40(43)44)32-36(35)41(45)46/h4-5,32,39H,6-31,33H2,1-3H3. The number of hydrogen-bond donors (Lipinski definition) is 1. The third kappa shape index (κ3) is 35.5. The molecule has 0 fully saturated rings. The normalized spacial score (nSPS) is 11.6. The van der Waals surface area contributed by atoms with E-state index >= 15 is 0 Å². The van der Waals surface area contributed by atoms with Crippen LogP contribution in [0.2, 0.25) is 0 Å². The lowest BCUT2D eigenvalue weighted by Crippen LogP contribution is -2.27. The summed E-state index contributed by atoms with van der Waals surface area (Å²) in [6, 6.07) is 3.42. The van der Waals surface area contributed by atoms with Gasteiger partial charge in [0, 0.05) is 12.6 Å². The van der Waals surface area contributed by atoms with E-state index in [4.69, 9.17) is 66.3 Å². The van der Waals surface area contributed by atoms with Gasteiger partial charge in [-0.15, -0.1) is 0 Å². The topological polar surface area (TPSA) is 245 Å². The van der Waals surface area contributed by atoms with E-state index in [2.05, 4.69) is 5.32 Å². The Morgan fingerprint density at radius 1 is 0.483 bits per heavy atom. The van der Waals surface area contributed by atoms with E-state index in [-0.39, 0.29) is 36.8 Å². The fraction of sp³-hybridized carbons (Fsp3) is 0.816. The minimum absolute atomic E-state index is 0.0959. The molecule has 0 aromatic heterocycles. The molecule has 0 radical (unpaired) electrons. The van der Waals surface area contributed by atoms with Crippen LogP contribution >= 0.6 is 0 Å². The van der Waals surface area contributed by atoms with Crippen molar-refractivity contribution in [3.63, 3.8) is 0 Å². The van der Waals surface area contributed by atoms with E-state index in [0.717, 1.165) is 6.07 Å². The Bertz CT molecular complexity index is 1210. The van der Waals surface area contributed by atoms with Gasteiger partial charge in [0.1, 0.15) is 17.9 Å². The van der Waals surface area contributed by atoms with Gasteiger partial charge in [0.05, 0.1) is 181 Å². The van der Waals surface area contributed by atoms with Crippen molar-refractivity contribution in [1.29, 1.82) is 0 Å². The van der Waals surface area contributed by atoms with Gasteiger partial charge >= 0.3 is 5.97 Å². The van der Waals surface area contributed by atoms with Crippen LogP contribution in [0.15, 0.2) is 18.2 Å². The summed E-state index contributed by atoms with van der Waals surface area (Å²) in [5.41, 5.74) is -1.06. The van der Waals surface area contributed by atoms with Crippen LogP contribution < -0.4 is 5.32 Å². The van der Waals surface area contributed by atoms with Crippen LogP contribution in [-0.2, 0) is 71.1 Å². The molecule has 0 spiro atoms. The molecule has 0 unspecified atom stereocenters. The van der Waals surface area contributed by atoms with Gasteiger partial charge in [-0.2, -0.15) is 0 Å². The van der Waals surface area contributed by atoms with E-state index < -0.39 is 21.4 Å². The summed E-state index contributed by atoms with van der Waals surface area (Å²) in [5.74, 6) is -0.398. The Balaban J connectivity index is 1.69. The molecule has 0 bridgehead atoms. The second kappa shape index (κ2) is 38.7. The monoisotopic (exact) mass is 869 g/mol. The number of nitro groups is 2. The summed E-state index contributed by atoms with van der Waals surface area (Å²) < 4.78 is 75.8. The van der Waals surface area contributed by atoms with Crippen molar-refractivity contribution in [1.82, 2.24) is 0 Å². The maximum Gasteiger partial charge on any atom is 0.332 e. The fourth-order valence-electron chi connectivity index (χ4n) is 4.36. The summed E-state index contributed by atoms with van der Waals surface area (Å²) in [5, 5.41) is 24.8. The molecule has 0 saturated heterocycles. The Hall–Kier alpha value is -3.23. The highest BCUT2D eigenvalue weighted by molar-refractivity contribution is 5.71. The number of nitrogens with zero attached hydrogens (tertiary/aromatic N) is 2. The summed E-state index contributed by atoms with van der Waals surface area (Å²) in [6.45, 7) is 16.2. The van der Waals surface area contributed by atoms with Crippen molar-refractivity contribution in [2.24, 2.45) is 0 Å². The minimum Gasteiger partial charge on any atom is -0.458 e. The van der Waals surface area contributed by atoms with Gasteiger partial charge in [-0.3, -0.25) is 20.2 Å². The smallest absolute Gasteiger partial charge is 0.332 e. The van der Waals surface area contributed by atoms with E-state index in [1.807, 2.05) is 0 Å². The number of rotatable bonds is 44. The molecule has 1 aromatic carbocycles. The lowest BCUT2D eigenvalue weighted by Gasteiger charge is -2.19. The van der Waals surface area contributed by atoms with Crippen molar-refractivity contribution in [3.8, 4) is 0 Å². The van der Waals surface area contributed by atoms with Gasteiger partial charge in [0.25, 0.3) is 11.4 Å². The highest BCUT2D eigenvalue weighted by atomic mass is 16.6. The van der Waals surface area contributed by atoms with Crippen molar-refractivity contribution < 1.29 is 81.0 Å². The molecule has 1 N–H and O–H groups in total. The number of hydrogen-bond acceptors (Lipinski definition) is 20. The Kier molecular flexibility index (Phi) is 35.3. The van der Waals surface area contributed by atoms with E-state index in [9.17, 15) is 25.0 Å². The Labute approximate surface area is 352 Å². The highest BCUT2D eigenvalue weighted by Gasteiger charge is 2.19. The lowest BCUT2D eigenvalue weighted by molar-refractivity contribution is -0.393. The summed E-state index contributed by atoms with van der Waals surface area (Å²) in [7, 11) is 0. The van der Waals surface area contributed by atoms with Crippen molar-refractivity contribution in [2.75, 3.05) is 184 Å². The van der Waals surface area contributed by atoms with E-state index in [0.29, 0.717) is 159 Å². The molecule has 60 heavy (non-hydrogen) atoms. The fourth-order valence-corrected chi connectivity index (χ4v) is 4.36. The number of benzene rings is 1. The first-order valence-electron chi connectivity index (χ1n) is 20.0. The zero-order chi connectivity index (χ0) is 43.8. The molecule has 0 aliphatic carbocycles. The molecule has 1 aromatic rings. The average molecular weight is 870 g/mol. The van der Waals surface area contributed by atoms with Crippen LogP contribution in [0.5, 0.6) is 0 Å². The first-order chi connectivity index (χ1) is 29.1. The van der Waals surface area contributed by atoms with Crippen LogP contribution in [0.3, 0.4) is 0 Å². The number of nitrogens with one attached hydrogen (secondary N) is 1. The van der Waals surface area contributed by atoms with Gasteiger partial charge < -0.3 is 71.6 Å².